The van der Waals surface area contributed by atoms with Crippen LogP contribution in [0.2, 0.25) is 0 Å². The molecule has 0 saturated heterocycles. The van der Waals surface area contributed by atoms with Crippen LogP contribution in [0.25, 0.3) is 0 Å². The number of nitro groups is 1. The second-order valence-electron chi connectivity index (χ2n) is 4.78. The fraction of sp³-hybridized carbons (Fsp3) is 0.500. The van der Waals surface area contributed by atoms with Crippen molar-refractivity contribution in [3.63, 3.8) is 0 Å². The average Bonchev–Trinajstić information content (AvgIpc) is 2.37. The highest BCUT2D eigenvalue weighted by Crippen LogP contribution is 2.28. The molecular formula is C14H19NO4. The summed E-state index contributed by atoms with van der Waals surface area (Å²) in [6.45, 7) is 3.79. The SMILES string of the molecule is COC(=O)CC(C[N+](=O)[O-])c1ccccc1C(C)C. The Balaban J connectivity index is 3.09. The molecule has 0 spiro atoms. The lowest BCUT2D eigenvalue weighted by Crippen LogP contribution is -2.18. The van der Waals surface area contributed by atoms with Crippen molar-refractivity contribution in [2.75, 3.05) is 13.7 Å². The Morgan fingerprint density at radius 1 is 1.32 bits per heavy atom. The Morgan fingerprint density at radius 2 is 1.89 bits per heavy atom. The van der Waals surface area contributed by atoms with Crippen LogP contribution in [0.5, 0.6) is 0 Å². The van der Waals surface area contributed by atoms with E-state index in [1.54, 1.807) is 0 Å². The van der Waals surface area contributed by atoms with Gasteiger partial charge in [0.1, 0.15) is 0 Å². The number of carbonyl (C=O) groups is 1. The largest absolute Gasteiger partial charge is 0.469 e. The molecule has 5 heteroatoms. The standard InChI is InChI=1S/C14H19NO4/c1-10(2)12-6-4-5-7-13(12)11(9-15(17)18)8-14(16)19-3/h4-7,10-11H,8-9H2,1-3H3. The number of esters is 1. The maximum Gasteiger partial charge on any atom is 0.306 e. The molecule has 0 fully saturated rings. The van der Waals surface area contributed by atoms with E-state index >= 15 is 0 Å². The molecular weight excluding hydrogens is 246 g/mol. The first-order valence-electron chi connectivity index (χ1n) is 6.23. The van der Waals surface area contributed by atoms with Crippen LogP contribution in [0.15, 0.2) is 24.3 Å². The first-order valence-corrected chi connectivity index (χ1v) is 6.23. The van der Waals surface area contributed by atoms with Gasteiger partial charge in [-0.3, -0.25) is 14.9 Å². The van der Waals surface area contributed by atoms with Crippen molar-refractivity contribution in [3.8, 4) is 0 Å². The van der Waals surface area contributed by atoms with Gasteiger partial charge in [0.05, 0.1) is 19.4 Å². The lowest BCUT2D eigenvalue weighted by Gasteiger charge is -2.18. The number of hydrogen-bond acceptors (Lipinski definition) is 4. The molecule has 1 aromatic carbocycles. The predicted molar refractivity (Wildman–Crippen MR) is 71.8 cm³/mol. The van der Waals surface area contributed by atoms with Crippen LogP contribution in [0.3, 0.4) is 0 Å². The Hall–Kier alpha value is -1.91. The van der Waals surface area contributed by atoms with E-state index in [0.29, 0.717) is 0 Å². The maximum atomic E-state index is 11.4. The van der Waals surface area contributed by atoms with Crippen LogP contribution >= 0.6 is 0 Å². The summed E-state index contributed by atoms with van der Waals surface area (Å²) in [4.78, 5) is 21.8. The Labute approximate surface area is 112 Å². The lowest BCUT2D eigenvalue weighted by atomic mass is 9.87. The van der Waals surface area contributed by atoms with Crippen LogP contribution in [-0.2, 0) is 9.53 Å². The van der Waals surface area contributed by atoms with E-state index in [1.807, 2.05) is 38.1 Å². The minimum atomic E-state index is -0.443. The second kappa shape index (κ2) is 6.87. The number of methoxy groups -OCH3 is 1. The number of nitrogens with zero attached hydrogens (tertiary/aromatic N) is 1. The molecule has 1 aromatic rings. The van der Waals surface area contributed by atoms with E-state index in [1.165, 1.54) is 7.11 Å². The maximum absolute atomic E-state index is 11.4. The molecule has 0 saturated carbocycles. The van der Waals surface area contributed by atoms with Crippen LogP contribution in [0, 0.1) is 10.1 Å². The Kier molecular flexibility index (Phi) is 5.48. The molecule has 0 aliphatic rings. The third-order valence-corrected chi connectivity index (χ3v) is 3.07. The van der Waals surface area contributed by atoms with Gasteiger partial charge in [-0.2, -0.15) is 0 Å². The fourth-order valence-electron chi connectivity index (χ4n) is 2.15. The topological polar surface area (TPSA) is 69.4 Å². The van der Waals surface area contributed by atoms with Crippen molar-refractivity contribution < 1.29 is 14.5 Å². The molecule has 0 radical (unpaired) electrons. The number of rotatable bonds is 6. The third kappa shape index (κ3) is 4.35. The minimum absolute atomic E-state index is 0.0290. The van der Waals surface area contributed by atoms with E-state index in [9.17, 15) is 14.9 Å². The molecule has 0 aromatic heterocycles. The van der Waals surface area contributed by atoms with Crippen molar-refractivity contribution >= 4 is 5.97 Å². The molecule has 19 heavy (non-hydrogen) atoms. The molecule has 104 valence electrons. The number of benzene rings is 1. The highest BCUT2D eigenvalue weighted by Gasteiger charge is 2.24. The third-order valence-electron chi connectivity index (χ3n) is 3.07. The van der Waals surface area contributed by atoms with Gasteiger partial charge in [-0.25, -0.2) is 0 Å². The first kappa shape index (κ1) is 15.1. The smallest absolute Gasteiger partial charge is 0.306 e. The van der Waals surface area contributed by atoms with Gasteiger partial charge in [-0.15, -0.1) is 0 Å². The van der Waals surface area contributed by atoms with Crippen LogP contribution in [0.1, 0.15) is 43.2 Å². The van der Waals surface area contributed by atoms with E-state index in [-0.39, 0.29) is 23.8 Å². The number of ether oxygens (including phenoxy) is 1. The summed E-state index contributed by atoms with van der Waals surface area (Å²) in [5, 5.41) is 10.8. The highest BCUT2D eigenvalue weighted by molar-refractivity contribution is 5.70. The summed E-state index contributed by atoms with van der Waals surface area (Å²) in [5.41, 5.74) is 1.90. The van der Waals surface area contributed by atoms with Gasteiger partial charge in [-0.05, 0) is 17.0 Å². The molecule has 1 atom stereocenters. The molecule has 0 aliphatic carbocycles. The van der Waals surface area contributed by atoms with Crippen LogP contribution < -0.4 is 0 Å². The highest BCUT2D eigenvalue weighted by atomic mass is 16.6. The lowest BCUT2D eigenvalue weighted by molar-refractivity contribution is -0.483. The summed E-state index contributed by atoms with van der Waals surface area (Å²) in [7, 11) is 1.29. The minimum Gasteiger partial charge on any atom is -0.469 e. The molecule has 0 aliphatic heterocycles. The molecule has 0 amide bonds. The zero-order valence-electron chi connectivity index (χ0n) is 11.5. The van der Waals surface area contributed by atoms with E-state index < -0.39 is 11.9 Å². The molecule has 1 unspecified atom stereocenters. The quantitative estimate of drug-likeness (QED) is 0.450. The summed E-state index contributed by atoms with van der Waals surface area (Å²) in [6, 6.07) is 7.54. The molecule has 0 heterocycles. The van der Waals surface area contributed by atoms with Gasteiger partial charge in [0.15, 0.2) is 0 Å². The Morgan fingerprint density at radius 3 is 2.37 bits per heavy atom. The molecule has 0 bridgehead atoms. The van der Waals surface area contributed by atoms with Gasteiger partial charge in [0.25, 0.3) is 0 Å². The molecule has 5 nitrogen and oxygen atoms in total. The normalized spacial score (nSPS) is 12.2. The summed E-state index contributed by atoms with van der Waals surface area (Å²) >= 11 is 0. The number of hydrogen-bond donors (Lipinski definition) is 0. The van der Waals surface area contributed by atoms with E-state index in [0.717, 1.165) is 11.1 Å². The molecule has 1 rings (SSSR count). The summed E-state index contributed by atoms with van der Waals surface area (Å²) in [6.07, 6.45) is 0.0290. The number of carbonyl (C=O) groups excluding carboxylic acids is 1. The summed E-state index contributed by atoms with van der Waals surface area (Å²) < 4.78 is 4.62. The van der Waals surface area contributed by atoms with Gasteiger partial charge >= 0.3 is 5.97 Å². The van der Waals surface area contributed by atoms with Crippen molar-refractivity contribution in [2.45, 2.75) is 32.1 Å². The van der Waals surface area contributed by atoms with Gasteiger partial charge in [-0.1, -0.05) is 38.1 Å². The van der Waals surface area contributed by atoms with Gasteiger partial charge < -0.3 is 4.74 Å². The van der Waals surface area contributed by atoms with Crippen LogP contribution in [-0.4, -0.2) is 24.5 Å². The predicted octanol–water partition coefficient (Wildman–Crippen LogP) is 2.73. The fourth-order valence-corrected chi connectivity index (χ4v) is 2.15. The Bertz CT molecular complexity index is 457. The summed E-state index contributed by atoms with van der Waals surface area (Å²) in [5.74, 6) is -0.616. The van der Waals surface area contributed by atoms with E-state index in [4.69, 9.17) is 0 Å². The second-order valence-corrected chi connectivity index (χ2v) is 4.78. The molecule has 0 N–H and O–H groups in total. The first-order chi connectivity index (χ1) is 8.95. The zero-order valence-corrected chi connectivity index (χ0v) is 11.5. The van der Waals surface area contributed by atoms with Gasteiger partial charge in [0.2, 0.25) is 6.54 Å². The zero-order chi connectivity index (χ0) is 14.4. The van der Waals surface area contributed by atoms with E-state index in [2.05, 4.69) is 4.74 Å². The average molecular weight is 265 g/mol. The van der Waals surface area contributed by atoms with Gasteiger partial charge in [0, 0.05) is 4.92 Å². The van der Waals surface area contributed by atoms with Crippen LogP contribution in [0.4, 0.5) is 0 Å². The van der Waals surface area contributed by atoms with Crippen molar-refractivity contribution in [3.05, 3.63) is 45.5 Å². The van der Waals surface area contributed by atoms with Crippen molar-refractivity contribution in [2.24, 2.45) is 0 Å². The van der Waals surface area contributed by atoms with Crippen molar-refractivity contribution in [1.29, 1.82) is 0 Å². The van der Waals surface area contributed by atoms with Crippen molar-refractivity contribution in [1.82, 2.24) is 0 Å². The monoisotopic (exact) mass is 265 g/mol.